The second-order valence-electron chi connectivity index (χ2n) is 6.33. The van der Waals surface area contributed by atoms with E-state index in [0.717, 1.165) is 12.1 Å². The van der Waals surface area contributed by atoms with Gasteiger partial charge in [0, 0.05) is 17.4 Å². The largest absolute Gasteiger partial charge is 0.417 e. The smallest absolute Gasteiger partial charge is 0.416 e. The first-order chi connectivity index (χ1) is 14.3. The number of nitrogens with one attached hydrogen (secondary N) is 1. The van der Waals surface area contributed by atoms with Crippen LogP contribution in [0.15, 0.2) is 66.9 Å². The average Bonchev–Trinajstić information content (AvgIpc) is 3.04. The number of fused-ring (bicyclic) bond motifs is 1. The molecule has 1 aliphatic heterocycles. The number of alkyl halides is 3. The van der Waals surface area contributed by atoms with E-state index in [9.17, 15) is 22.8 Å². The van der Waals surface area contributed by atoms with Crippen molar-refractivity contribution >= 4 is 23.4 Å². The zero-order valence-corrected chi connectivity index (χ0v) is 15.1. The molecule has 1 unspecified atom stereocenters. The summed E-state index contributed by atoms with van der Waals surface area (Å²) >= 11 is 0. The number of carbonyl (C=O) groups is 2. The highest BCUT2D eigenvalue weighted by atomic mass is 19.4. The molecule has 4 rings (SSSR count). The minimum Gasteiger partial charge on any atom is -0.417 e. The monoisotopic (exact) mass is 414 g/mol. The fourth-order valence-corrected chi connectivity index (χ4v) is 2.94. The third-order valence-electron chi connectivity index (χ3n) is 4.34. The van der Waals surface area contributed by atoms with Crippen LogP contribution in [0.1, 0.15) is 38.1 Å². The summed E-state index contributed by atoms with van der Waals surface area (Å²) < 4.78 is 49.2. The second-order valence-corrected chi connectivity index (χ2v) is 6.33. The number of esters is 2. The van der Waals surface area contributed by atoms with Crippen molar-refractivity contribution in [1.82, 2.24) is 4.98 Å². The highest BCUT2D eigenvalue weighted by molar-refractivity contribution is 5.97. The molecule has 0 aliphatic carbocycles. The van der Waals surface area contributed by atoms with Crippen molar-refractivity contribution in [1.29, 1.82) is 0 Å². The first-order valence-corrected chi connectivity index (χ1v) is 8.73. The number of pyridine rings is 1. The van der Waals surface area contributed by atoms with Crippen molar-refractivity contribution < 1.29 is 32.2 Å². The van der Waals surface area contributed by atoms with Gasteiger partial charge in [0.25, 0.3) is 6.29 Å². The number of benzene rings is 2. The van der Waals surface area contributed by atoms with Gasteiger partial charge in [-0.3, -0.25) is 0 Å². The van der Waals surface area contributed by atoms with Crippen LogP contribution >= 0.6 is 0 Å². The molecule has 0 saturated carbocycles. The van der Waals surface area contributed by atoms with Crippen LogP contribution in [0.5, 0.6) is 0 Å². The van der Waals surface area contributed by atoms with Crippen molar-refractivity contribution in [2.45, 2.75) is 12.5 Å². The summed E-state index contributed by atoms with van der Waals surface area (Å²) in [6.45, 7) is 0. The Morgan fingerprint density at radius 1 is 1.07 bits per heavy atom. The Balaban J connectivity index is 1.57. The van der Waals surface area contributed by atoms with Gasteiger partial charge in [0.2, 0.25) is 0 Å². The van der Waals surface area contributed by atoms with Crippen LogP contribution in [0.25, 0.3) is 0 Å². The van der Waals surface area contributed by atoms with Gasteiger partial charge in [-0.1, -0.05) is 24.3 Å². The van der Waals surface area contributed by atoms with Crippen molar-refractivity contribution in [2.24, 2.45) is 0 Å². The molecule has 1 atom stereocenters. The Kier molecular flexibility index (Phi) is 4.86. The van der Waals surface area contributed by atoms with Gasteiger partial charge in [0.05, 0.1) is 11.1 Å². The lowest BCUT2D eigenvalue weighted by Gasteiger charge is -2.15. The van der Waals surface area contributed by atoms with Crippen LogP contribution in [0.2, 0.25) is 0 Å². The van der Waals surface area contributed by atoms with E-state index < -0.39 is 30.0 Å². The highest BCUT2D eigenvalue weighted by Gasteiger charge is 2.34. The molecule has 152 valence electrons. The predicted octanol–water partition coefficient (Wildman–Crippen LogP) is 4.87. The summed E-state index contributed by atoms with van der Waals surface area (Å²) in [6.07, 6.45) is -4.36. The van der Waals surface area contributed by atoms with Crippen molar-refractivity contribution in [3.05, 3.63) is 89.1 Å². The minimum atomic E-state index is -4.51. The number of ether oxygens (including phenoxy) is 2. The van der Waals surface area contributed by atoms with Gasteiger partial charge in [-0.15, -0.1) is 0 Å². The number of rotatable bonds is 4. The number of cyclic esters (lactones) is 1. The molecule has 3 aromatic rings. The lowest BCUT2D eigenvalue weighted by Crippen LogP contribution is -2.14. The number of aromatic nitrogens is 1. The van der Waals surface area contributed by atoms with Crippen molar-refractivity contribution in [3.8, 4) is 0 Å². The molecule has 1 aromatic heterocycles. The van der Waals surface area contributed by atoms with E-state index in [4.69, 9.17) is 9.47 Å². The summed E-state index contributed by atoms with van der Waals surface area (Å²) in [5, 5.41) is 2.70. The molecule has 0 amide bonds. The SMILES string of the molecule is O=C1OC(OC(=O)c2cccnc2Nc2cccc(C(F)(F)F)c2)c2ccccc21. The molecule has 0 fully saturated rings. The van der Waals surface area contributed by atoms with Gasteiger partial charge in [-0.25, -0.2) is 14.6 Å². The topological polar surface area (TPSA) is 77.5 Å². The number of carbonyl (C=O) groups excluding carboxylic acids is 2. The maximum Gasteiger partial charge on any atom is 0.416 e. The Hall–Kier alpha value is -3.88. The van der Waals surface area contributed by atoms with Gasteiger partial charge in [0.1, 0.15) is 11.4 Å². The lowest BCUT2D eigenvalue weighted by atomic mass is 10.1. The molecule has 6 nitrogen and oxygen atoms in total. The fourth-order valence-electron chi connectivity index (χ4n) is 2.94. The molecule has 0 spiro atoms. The zero-order chi connectivity index (χ0) is 21.3. The number of nitrogens with zero attached hydrogens (tertiary/aromatic N) is 1. The maximum atomic E-state index is 12.9. The molecular formula is C21H13F3N2O4. The molecule has 1 aliphatic rings. The van der Waals surface area contributed by atoms with Gasteiger partial charge < -0.3 is 14.8 Å². The minimum absolute atomic E-state index is 0.000525. The first kappa shape index (κ1) is 19.4. The van der Waals surface area contributed by atoms with Gasteiger partial charge in [-0.2, -0.15) is 13.2 Å². The number of hydrogen-bond acceptors (Lipinski definition) is 6. The second kappa shape index (κ2) is 7.51. The van der Waals surface area contributed by atoms with Gasteiger partial charge in [0.15, 0.2) is 0 Å². The van der Waals surface area contributed by atoms with E-state index in [1.165, 1.54) is 30.5 Å². The molecule has 0 radical (unpaired) electrons. The van der Waals surface area contributed by atoms with E-state index in [1.54, 1.807) is 24.3 Å². The third kappa shape index (κ3) is 3.82. The predicted molar refractivity (Wildman–Crippen MR) is 99.0 cm³/mol. The Bertz CT molecular complexity index is 1130. The summed E-state index contributed by atoms with van der Waals surface area (Å²) in [5.74, 6) is -1.47. The molecule has 9 heteroatoms. The normalized spacial score (nSPS) is 15.3. The summed E-state index contributed by atoms with van der Waals surface area (Å²) in [5.41, 5.74) is -0.0801. The van der Waals surface area contributed by atoms with Crippen LogP contribution in [-0.2, 0) is 15.7 Å². The van der Waals surface area contributed by atoms with Crippen LogP contribution in [0, 0.1) is 0 Å². The molecule has 2 aromatic carbocycles. The first-order valence-electron chi connectivity index (χ1n) is 8.73. The summed E-state index contributed by atoms with van der Waals surface area (Å²) in [4.78, 5) is 28.6. The Labute approximate surface area is 168 Å². The van der Waals surface area contributed by atoms with E-state index >= 15 is 0 Å². The highest BCUT2D eigenvalue weighted by Crippen LogP contribution is 2.34. The van der Waals surface area contributed by atoms with Crippen LogP contribution in [0.4, 0.5) is 24.7 Å². The van der Waals surface area contributed by atoms with Crippen LogP contribution in [-0.4, -0.2) is 16.9 Å². The van der Waals surface area contributed by atoms with E-state index in [2.05, 4.69) is 10.3 Å². The van der Waals surface area contributed by atoms with Crippen LogP contribution in [0.3, 0.4) is 0 Å². The van der Waals surface area contributed by atoms with E-state index in [-0.39, 0.29) is 17.1 Å². The molecule has 0 saturated heterocycles. The summed E-state index contributed by atoms with van der Waals surface area (Å²) in [7, 11) is 0. The van der Waals surface area contributed by atoms with Gasteiger partial charge in [-0.05, 0) is 36.4 Å². The average molecular weight is 414 g/mol. The van der Waals surface area contributed by atoms with Crippen molar-refractivity contribution in [3.63, 3.8) is 0 Å². The lowest BCUT2D eigenvalue weighted by molar-refractivity contribution is -0.137. The Morgan fingerprint density at radius 2 is 1.87 bits per heavy atom. The zero-order valence-electron chi connectivity index (χ0n) is 15.1. The maximum absolute atomic E-state index is 12.9. The standard InChI is InChI=1S/C21H13F3N2O4/c22-21(23,24)12-5-3-6-13(11-12)26-17-16(9-4-10-25-17)19(28)30-20-15-8-2-1-7-14(15)18(27)29-20/h1-11,20H,(H,25,26). The molecular weight excluding hydrogens is 401 g/mol. The van der Waals surface area contributed by atoms with Crippen molar-refractivity contribution in [2.75, 3.05) is 5.32 Å². The summed E-state index contributed by atoms with van der Waals surface area (Å²) in [6, 6.07) is 13.8. The van der Waals surface area contributed by atoms with E-state index in [0.29, 0.717) is 11.1 Å². The number of hydrogen-bond donors (Lipinski definition) is 1. The van der Waals surface area contributed by atoms with E-state index in [1.807, 2.05) is 0 Å². The third-order valence-corrected chi connectivity index (χ3v) is 4.34. The molecule has 0 bridgehead atoms. The Morgan fingerprint density at radius 3 is 2.67 bits per heavy atom. The molecule has 2 heterocycles. The molecule has 30 heavy (non-hydrogen) atoms. The number of halogens is 3. The molecule has 1 N–H and O–H groups in total. The quantitative estimate of drug-likeness (QED) is 0.614. The van der Waals surface area contributed by atoms with Crippen LogP contribution < -0.4 is 5.32 Å². The number of anilines is 2. The fraction of sp³-hybridized carbons (Fsp3) is 0.0952. The van der Waals surface area contributed by atoms with Gasteiger partial charge >= 0.3 is 18.1 Å².